The molecule has 0 saturated carbocycles. The van der Waals surface area contributed by atoms with Crippen molar-refractivity contribution in [2.45, 2.75) is 18.4 Å². The second kappa shape index (κ2) is 7.48. The van der Waals surface area contributed by atoms with E-state index in [0.717, 1.165) is 14.3 Å². The number of nitrogens with zero attached hydrogens (tertiary/aromatic N) is 2. The van der Waals surface area contributed by atoms with Crippen LogP contribution in [0.1, 0.15) is 11.1 Å². The van der Waals surface area contributed by atoms with Gasteiger partial charge in [-0.3, -0.25) is 4.90 Å². The van der Waals surface area contributed by atoms with Crippen molar-refractivity contribution in [2.24, 2.45) is 0 Å². The zero-order chi connectivity index (χ0) is 20.8. The van der Waals surface area contributed by atoms with Crippen LogP contribution in [-0.2, 0) is 16.6 Å². The number of amides is 2. The summed E-state index contributed by atoms with van der Waals surface area (Å²) < 4.78 is 28.5. The Morgan fingerprint density at radius 3 is 2.38 bits per heavy atom. The largest absolute Gasteiger partial charge is 0.343 e. The van der Waals surface area contributed by atoms with E-state index in [1.54, 1.807) is 37.3 Å². The van der Waals surface area contributed by atoms with E-state index in [2.05, 4.69) is 15.9 Å². The maximum atomic E-state index is 13.5. The quantitative estimate of drug-likeness (QED) is 0.469. The molecule has 0 atom stereocenters. The van der Waals surface area contributed by atoms with Crippen molar-refractivity contribution in [3.63, 3.8) is 0 Å². The van der Waals surface area contributed by atoms with Crippen molar-refractivity contribution in [3.8, 4) is 0 Å². The molecule has 0 bridgehead atoms. The highest BCUT2D eigenvalue weighted by molar-refractivity contribution is 9.10. The van der Waals surface area contributed by atoms with E-state index in [1.807, 2.05) is 24.3 Å². The van der Waals surface area contributed by atoms with Crippen molar-refractivity contribution in [2.75, 3.05) is 9.21 Å². The lowest BCUT2D eigenvalue weighted by Gasteiger charge is -2.36. The minimum absolute atomic E-state index is 0.0797. The summed E-state index contributed by atoms with van der Waals surface area (Å²) in [6.07, 6.45) is 0. The van der Waals surface area contributed by atoms with Crippen LogP contribution >= 0.6 is 27.5 Å². The summed E-state index contributed by atoms with van der Waals surface area (Å²) >= 11 is 9.50. The van der Waals surface area contributed by atoms with Gasteiger partial charge in [-0.1, -0.05) is 57.9 Å². The molecule has 1 aliphatic rings. The van der Waals surface area contributed by atoms with Crippen LogP contribution in [0, 0.1) is 6.92 Å². The number of para-hydroxylation sites is 1. The van der Waals surface area contributed by atoms with Crippen molar-refractivity contribution in [3.05, 3.63) is 87.4 Å². The van der Waals surface area contributed by atoms with E-state index in [-0.39, 0.29) is 17.1 Å². The number of sulfonamides is 1. The van der Waals surface area contributed by atoms with Gasteiger partial charge in [0.25, 0.3) is 10.0 Å². The van der Waals surface area contributed by atoms with Gasteiger partial charge in [0.2, 0.25) is 0 Å². The van der Waals surface area contributed by atoms with Crippen LogP contribution in [0.4, 0.5) is 16.2 Å². The predicted octanol–water partition coefficient (Wildman–Crippen LogP) is 5.75. The Bertz CT molecular complexity index is 1210. The smallest absolute Gasteiger partial charge is 0.287 e. The SMILES string of the molecule is Cc1ccc(Cl)cc1N1C(=O)N(Cc2ccc(Br)cc2)c2ccccc2S1(=O)=O. The number of aryl methyl sites for hydroxylation is 1. The molecule has 1 heterocycles. The molecule has 8 heteroatoms. The first-order valence-corrected chi connectivity index (χ1v) is 11.4. The minimum atomic E-state index is -4.08. The molecule has 1 aliphatic heterocycles. The summed E-state index contributed by atoms with van der Waals surface area (Å²) in [4.78, 5) is 15.0. The molecule has 0 fully saturated rings. The Labute approximate surface area is 182 Å². The molecule has 0 aliphatic carbocycles. The zero-order valence-electron chi connectivity index (χ0n) is 15.3. The third kappa shape index (κ3) is 3.54. The fourth-order valence-electron chi connectivity index (χ4n) is 3.27. The summed E-state index contributed by atoms with van der Waals surface area (Å²) in [6.45, 7) is 1.97. The number of hydrogen-bond acceptors (Lipinski definition) is 3. The third-order valence-corrected chi connectivity index (χ3v) is 7.22. The molecule has 0 radical (unpaired) electrons. The normalized spacial score (nSPS) is 15.3. The number of urea groups is 1. The maximum Gasteiger partial charge on any atom is 0.343 e. The standard InChI is InChI=1S/C21H16BrClN2O3S/c1-14-6-11-17(23)12-19(14)25-21(26)24(13-15-7-9-16(22)10-8-15)18-4-2-3-5-20(18)29(25,27)28/h2-12H,13H2,1H3. The van der Waals surface area contributed by atoms with Crippen LogP contribution in [0.3, 0.4) is 0 Å². The molecule has 3 aromatic rings. The highest BCUT2D eigenvalue weighted by Crippen LogP contribution is 2.39. The zero-order valence-corrected chi connectivity index (χ0v) is 18.5. The molecular formula is C21H16BrClN2O3S. The highest BCUT2D eigenvalue weighted by Gasteiger charge is 2.42. The maximum absolute atomic E-state index is 13.5. The molecule has 0 unspecified atom stereocenters. The molecule has 4 rings (SSSR count). The number of anilines is 2. The number of carbonyl (C=O) groups excluding carboxylic acids is 1. The van der Waals surface area contributed by atoms with Crippen LogP contribution in [-0.4, -0.2) is 14.4 Å². The molecular weight excluding hydrogens is 476 g/mol. The van der Waals surface area contributed by atoms with Crippen LogP contribution in [0.2, 0.25) is 5.02 Å². The van der Waals surface area contributed by atoms with Crippen LogP contribution in [0.5, 0.6) is 0 Å². The Morgan fingerprint density at radius 1 is 0.966 bits per heavy atom. The van der Waals surface area contributed by atoms with E-state index in [0.29, 0.717) is 16.3 Å². The van der Waals surface area contributed by atoms with Crippen LogP contribution in [0.25, 0.3) is 0 Å². The lowest BCUT2D eigenvalue weighted by molar-refractivity contribution is 0.253. The van der Waals surface area contributed by atoms with Gasteiger partial charge in [-0.25, -0.2) is 13.2 Å². The average Bonchev–Trinajstić information content (AvgIpc) is 2.69. The molecule has 0 spiro atoms. The first kappa shape index (κ1) is 19.9. The van der Waals surface area contributed by atoms with Crippen molar-refractivity contribution in [1.82, 2.24) is 0 Å². The minimum Gasteiger partial charge on any atom is -0.287 e. The van der Waals surface area contributed by atoms with Gasteiger partial charge in [0.1, 0.15) is 4.90 Å². The topological polar surface area (TPSA) is 57.7 Å². The van der Waals surface area contributed by atoms with Gasteiger partial charge in [-0.2, -0.15) is 4.31 Å². The Balaban J connectivity index is 1.89. The van der Waals surface area contributed by atoms with Gasteiger partial charge in [0, 0.05) is 9.50 Å². The monoisotopic (exact) mass is 490 g/mol. The lowest BCUT2D eigenvalue weighted by Crippen LogP contribution is -2.51. The second-order valence-electron chi connectivity index (χ2n) is 6.66. The Morgan fingerprint density at radius 2 is 1.66 bits per heavy atom. The number of carbonyl (C=O) groups is 1. The fourth-order valence-corrected chi connectivity index (χ4v) is 5.35. The van der Waals surface area contributed by atoms with Crippen molar-refractivity contribution < 1.29 is 13.2 Å². The summed E-state index contributed by atoms with van der Waals surface area (Å²) in [5.74, 6) is 0. The first-order chi connectivity index (χ1) is 13.8. The molecule has 5 nitrogen and oxygen atoms in total. The van der Waals surface area contributed by atoms with Gasteiger partial charge in [0.05, 0.1) is 17.9 Å². The summed E-state index contributed by atoms with van der Waals surface area (Å²) in [5.41, 5.74) is 2.11. The lowest BCUT2D eigenvalue weighted by atomic mass is 10.2. The van der Waals surface area contributed by atoms with Crippen molar-refractivity contribution in [1.29, 1.82) is 0 Å². The van der Waals surface area contributed by atoms with E-state index in [1.165, 1.54) is 17.0 Å². The number of benzene rings is 3. The van der Waals surface area contributed by atoms with Crippen LogP contribution in [0.15, 0.2) is 76.1 Å². The van der Waals surface area contributed by atoms with Gasteiger partial charge >= 0.3 is 6.03 Å². The molecule has 3 aromatic carbocycles. The summed E-state index contributed by atoms with van der Waals surface area (Å²) in [6, 6.07) is 18.3. The number of rotatable bonds is 3. The molecule has 2 amide bonds. The molecule has 148 valence electrons. The van der Waals surface area contributed by atoms with Gasteiger partial charge < -0.3 is 0 Å². The summed E-state index contributed by atoms with van der Waals surface area (Å²) in [5, 5.41) is 0.354. The van der Waals surface area contributed by atoms with E-state index in [9.17, 15) is 13.2 Å². The predicted molar refractivity (Wildman–Crippen MR) is 118 cm³/mol. The first-order valence-electron chi connectivity index (χ1n) is 8.75. The van der Waals surface area contributed by atoms with Gasteiger partial charge in [-0.15, -0.1) is 0 Å². The van der Waals surface area contributed by atoms with E-state index >= 15 is 0 Å². The molecule has 0 N–H and O–H groups in total. The number of hydrogen-bond donors (Lipinski definition) is 0. The third-order valence-electron chi connectivity index (χ3n) is 4.72. The second-order valence-corrected chi connectivity index (χ2v) is 9.77. The molecule has 0 aromatic heterocycles. The molecule has 0 saturated heterocycles. The van der Waals surface area contributed by atoms with E-state index < -0.39 is 16.1 Å². The van der Waals surface area contributed by atoms with E-state index in [4.69, 9.17) is 11.6 Å². The highest BCUT2D eigenvalue weighted by atomic mass is 79.9. The molecule has 29 heavy (non-hydrogen) atoms. The Hall–Kier alpha value is -2.35. The summed E-state index contributed by atoms with van der Waals surface area (Å²) in [7, 11) is -4.08. The van der Waals surface area contributed by atoms with Crippen LogP contribution < -0.4 is 9.21 Å². The number of halogens is 2. The van der Waals surface area contributed by atoms with Gasteiger partial charge in [-0.05, 0) is 54.4 Å². The number of fused-ring (bicyclic) bond motifs is 1. The fraction of sp³-hybridized carbons (Fsp3) is 0.0952. The van der Waals surface area contributed by atoms with Crippen molar-refractivity contribution >= 4 is 55.0 Å². The Kier molecular flexibility index (Phi) is 5.14. The average molecular weight is 492 g/mol. The van der Waals surface area contributed by atoms with Gasteiger partial charge in [0.15, 0.2) is 0 Å².